The molecule has 1 aliphatic rings. The summed E-state index contributed by atoms with van der Waals surface area (Å²) in [6, 6.07) is 13.7. The fourth-order valence-electron chi connectivity index (χ4n) is 4.17. The zero-order valence-electron chi connectivity index (χ0n) is 19.3. The fraction of sp³-hybridized carbons (Fsp3) is 0.333. The SMILES string of the molecule is COc1cc([N+](=O)[O-])ccc1-c1ccc([C@H]2[C@H](c3ccccn3)NC(=S)N2CCCN(C)C)o1. The van der Waals surface area contributed by atoms with E-state index < -0.39 is 4.92 Å². The number of pyridine rings is 1. The van der Waals surface area contributed by atoms with E-state index in [-0.39, 0.29) is 17.8 Å². The molecule has 0 saturated carbocycles. The first kappa shape index (κ1) is 23.7. The number of ether oxygens (including phenoxy) is 1. The third kappa shape index (κ3) is 4.87. The van der Waals surface area contributed by atoms with Gasteiger partial charge in [-0.2, -0.15) is 0 Å². The van der Waals surface area contributed by atoms with Gasteiger partial charge >= 0.3 is 0 Å². The van der Waals surface area contributed by atoms with Crippen LogP contribution in [0.25, 0.3) is 11.3 Å². The normalized spacial score (nSPS) is 17.8. The van der Waals surface area contributed by atoms with Crippen molar-refractivity contribution in [3.05, 3.63) is 76.3 Å². The third-order valence-corrected chi connectivity index (χ3v) is 6.13. The number of nitro benzene ring substituents is 1. The van der Waals surface area contributed by atoms with Crippen LogP contribution in [0.5, 0.6) is 5.75 Å². The van der Waals surface area contributed by atoms with Gasteiger partial charge in [0.2, 0.25) is 0 Å². The summed E-state index contributed by atoms with van der Waals surface area (Å²) in [6.45, 7) is 1.69. The first-order valence-electron chi connectivity index (χ1n) is 10.9. The lowest BCUT2D eigenvalue weighted by Gasteiger charge is -2.26. The molecule has 4 rings (SSSR count). The number of hydrogen-bond acceptors (Lipinski definition) is 7. The molecule has 0 radical (unpaired) electrons. The molecule has 3 aromatic rings. The van der Waals surface area contributed by atoms with Crippen molar-refractivity contribution in [1.82, 2.24) is 20.1 Å². The Hall–Kier alpha value is -3.50. The molecular formula is C24H27N5O4S. The predicted molar refractivity (Wildman–Crippen MR) is 133 cm³/mol. The average Bonchev–Trinajstić information content (AvgIpc) is 3.43. The first-order valence-corrected chi connectivity index (χ1v) is 11.3. The maximum absolute atomic E-state index is 11.2. The second-order valence-corrected chi connectivity index (χ2v) is 8.71. The number of nitro groups is 1. The van der Waals surface area contributed by atoms with Crippen LogP contribution in [-0.2, 0) is 0 Å². The lowest BCUT2D eigenvalue weighted by Crippen LogP contribution is -2.32. The summed E-state index contributed by atoms with van der Waals surface area (Å²) in [5.41, 5.74) is 1.47. The lowest BCUT2D eigenvalue weighted by atomic mass is 10.0. The van der Waals surface area contributed by atoms with Crippen LogP contribution in [0.4, 0.5) is 5.69 Å². The van der Waals surface area contributed by atoms with Crippen molar-refractivity contribution in [3.8, 4) is 17.1 Å². The number of furan rings is 1. The largest absolute Gasteiger partial charge is 0.496 e. The van der Waals surface area contributed by atoms with Gasteiger partial charge in [0.15, 0.2) is 5.11 Å². The standard InChI is InChI=1S/C24H27N5O4S/c1-27(2)13-6-14-28-23(22(26-24(28)34)18-7-4-5-12-25-18)20-11-10-19(33-20)17-9-8-16(29(30)31)15-21(17)32-3/h4-5,7-12,15,22-23H,6,13-14H2,1-3H3,(H,26,34)/t22-,23-/m0/s1. The van der Waals surface area contributed by atoms with Crippen LogP contribution in [0.2, 0.25) is 0 Å². The number of aromatic nitrogens is 1. The fourth-order valence-corrected chi connectivity index (χ4v) is 4.50. The van der Waals surface area contributed by atoms with Gasteiger partial charge in [-0.15, -0.1) is 0 Å². The Labute approximate surface area is 203 Å². The van der Waals surface area contributed by atoms with Crippen LogP contribution in [0.3, 0.4) is 0 Å². The summed E-state index contributed by atoms with van der Waals surface area (Å²) < 4.78 is 11.7. The Kier molecular flexibility index (Phi) is 7.09. The molecular weight excluding hydrogens is 454 g/mol. The molecule has 3 heterocycles. The molecule has 0 amide bonds. The van der Waals surface area contributed by atoms with Gasteiger partial charge in [-0.05, 0) is 69.6 Å². The number of rotatable bonds is 9. The summed E-state index contributed by atoms with van der Waals surface area (Å²) in [5.74, 6) is 1.66. The van der Waals surface area contributed by atoms with E-state index >= 15 is 0 Å². The maximum atomic E-state index is 11.2. The molecule has 10 heteroatoms. The number of nitrogens with one attached hydrogen (secondary N) is 1. The number of methoxy groups -OCH3 is 1. The summed E-state index contributed by atoms with van der Waals surface area (Å²) >= 11 is 5.70. The highest BCUT2D eigenvalue weighted by atomic mass is 32.1. The van der Waals surface area contributed by atoms with Crippen molar-refractivity contribution < 1.29 is 14.1 Å². The van der Waals surface area contributed by atoms with E-state index in [0.29, 0.717) is 22.2 Å². The second-order valence-electron chi connectivity index (χ2n) is 8.32. The van der Waals surface area contributed by atoms with Gasteiger partial charge in [0.1, 0.15) is 23.3 Å². The molecule has 0 unspecified atom stereocenters. The molecule has 1 aromatic carbocycles. The van der Waals surface area contributed by atoms with Gasteiger partial charge in [-0.25, -0.2) is 0 Å². The maximum Gasteiger partial charge on any atom is 0.273 e. The minimum atomic E-state index is -0.450. The summed E-state index contributed by atoms with van der Waals surface area (Å²) in [6.07, 6.45) is 2.70. The predicted octanol–water partition coefficient (Wildman–Crippen LogP) is 4.18. The number of hydrogen-bond donors (Lipinski definition) is 1. The van der Waals surface area contributed by atoms with Gasteiger partial charge in [0.05, 0.1) is 35.4 Å². The van der Waals surface area contributed by atoms with Gasteiger partial charge < -0.3 is 24.3 Å². The van der Waals surface area contributed by atoms with E-state index in [9.17, 15) is 10.1 Å². The Morgan fingerprint density at radius 1 is 1.26 bits per heavy atom. The molecule has 9 nitrogen and oxygen atoms in total. The molecule has 0 bridgehead atoms. The highest BCUT2D eigenvalue weighted by molar-refractivity contribution is 7.80. The first-order chi connectivity index (χ1) is 16.4. The molecule has 1 fully saturated rings. The smallest absolute Gasteiger partial charge is 0.273 e. The van der Waals surface area contributed by atoms with Crippen LogP contribution in [0, 0.1) is 10.1 Å². The zero-order chi connectivity index (χ0) is 24.2. The Bertz CT molecular complexity index is 1170. The van der Waals surface area contributed by atoms with Gasteiger partial charge in [-0.3, -0.25) is 15.1 Å². The molecule has 1 N–H and O–H groups in total. The average molecular weight is 482 g/mol. The van der Waals surface area contributed by atoms with Gasteiger partial charge in [0, 0.05) is 18.8 Å². The summed E-state index contributed by atoms with van der Waals surface area (Å²) in [5, 5.41) is 15.2. The van der Waals surface area contributed by atoms with Gasteiger partial charge in [-0.1, -0.05) is 6.07 Å². The quantitative estimate of drug-likeness (QED) is 0.274. The third-order valence-electron chi connectivity index (χ3n) is 5.78. The van der Waals surface area contributed by atoms with Crippen molar-refractivity contribution in [2.45, 2.75) is 18.5 Å². The molecule has 2 atom stereocenters. The van der Waals surface area contributed by atoms with E-state index in [2.05, 4.69) is 20.1 Å². The van der Waals surface area contributed by atoms with Crippen molar-refractivity contribution in [1.29, 1.82) is 0 Å². The number of non-ortho nitro benzene ring substituents is 1. The topological polar surface area (TPSA) is 96.9 Å². The molecule has 1 saturated heterocycles. The van der Waals surface area contributed by atoms with Crippen LogP contribution < -0.4 is 10.1 Å². The van der Waals surface area contributed by atoms with E-state index in [1.807, 2.05) is 44.4 Å². The van der Waals surface area contributed by atoms with Crippen LogP contribution in [0.15, 0.2) is 59.1 Å². The minimum absolute atomic E-state index is 0.0417. The minimum Gasteiger partial charge on any atom is -0.496 e. The van der Waals surface area contributed by atoms with E-state index in [1.165, 1.54) is 19.2 Å². The van der Waals surface area contributed by atoms with Gasteiger partial charge in [0.25, 0.3) is 5.69 Å². The van der Waals surface area contributed by atoms with E-state index in [1.54, 1.807) is 12.3 Å². The number of benzene rings is 1. The molecule has 178 valence electrons. The zero-order valence-corrected chi connectivity index (χ0v) is 20.1. The van der Waals surface area contributed by atoms with Crippen LogP contribution >= 0.6 is 12.2 Å². The van der Waals surface area contributed by atoms with Crippen LogP contribution in [0.1, 0.15) is 30.0 Å². The van der Waals surface area contributed by atoms with E-state index in [0.717, 1.165) is 31.0 Å². The monoisotopic (exact) mass is 481 g/mol. The van der Waals surface area contributed by atoms with Crippen molar-refractivity contribution in [2.24, 2.45) is 0 Å². The van der Waals surface area contributed by atoms with Crippen molar-refractivity contribution >= 4 is 23.0 Å². The van der Waals surface area contributed by atoms with Crippen molar-refractivity contribution in [3.63, 3.8) is 0 Å². The Balaban J connectivity index is 1.69. The Morgan fingerprint density at radius 2 is 2.09 bits per heavy atom. The molecule has 2 aromatic heterocycles. The second kappa shape index (κ2) is 10.2. The summed E-state index contributed by atoms with van der Waals surface area (Å²) in [4.78, 5) is 19.5. The van der Waals surface area contributed by atoms with Crippen LogP contribution in [-0.4, -0.2) is 59.1 Å². The molecule has 1 aliphatic heterocycles. The van der Waals surface area contributed by atoms with Crippen molar-refractivity contribution in [2.75, 3.05) is 34.3 Å². The highest BCUT2D eigenvalue weighted by Gasteiger charge is 2.41. The lowest BCUT2D eigenvalue weighted by molar-refractivity contribution is -0.384. The molecule has 34 heavy (non-hydrogen) atoms. The van der Waals surface area contributed by atoms with E-state index in [4.69, 9.17) is 21.4 Å². The highest BCUT2D eigenvalue weighted by Crippen LogP contribution is 2.42. The molecule has 0 aliphatic carbocycles. The number of thiocarbonyl (C=S) groups is 1. The summed E-state index contributed by atoms with van der Waals surface area (Å²) in [7, 11) is 5.57. The Morgan fingerprint density at radius 3 is 2.76 bits per heavy atom. The number of nitrogens with zero attached hydrogens (tertiary/aromatic N) is 4. The molecule has 0 spiro atoms.